The van der Waals surface area contributed by atoms with Crippen molar-refractivity contribution in [2.45, 2.75) is 111 Å². The molecule has 4 rings (SSSR count). The molecule has 0 aromatic heterocycles. The summed E-state index contributed by atoms with van der Waals surface area (Å²) in [5.41, 5.74) is 2.60. The predicted molar refractivity (Wildman–Crippen MR) is 134 cm³/mol. The van der Waals surface area contributed by atoms with Crippen LogP contribution in [0.4, 0.5) is 0 Å². The Kier molecular flexibility index (Phi) is 8.59. The normalized spacial score (nSPS) is 39.6. The topological polar surface area (TPSA) is 94.8 Å². The number of rotatable bonds is 5. The molecule has 3 saturated carbocycles. The first-order valence-corrected chi connectivity index (χ1v) is 13.7. The van der Waals surface area contributed by atoms with Gasteiger partial charge in [0.25, 0.3) is 0 Å². The average molecular weight is 477 g/mol. The fourth-order valence-electron chi connectivity index (χ4n) is 8.67. The molecule has 0 aromatic carbocycles. The van der Waals surface area contributed by atoms with E-state index in [0.717, 1.165) is 48.3 Å². The molecule has 5 nitrogen and oxygen atoms in total. The average Bonchev–Trinajstić information content (AvgIpc) is 3.11. The Balaban J connectivity index is 0.000000481. The molecule has 0 unspecified atom stereocenters. The molecule has 194 valence electrons. The number of carboxylic acid groups (broad SMARTS) is 2. The summed E-state index contributed by atoms with van der Waals surface area (Å²) in [6, 6.07) is 0. The van der Waals surface area contributed by atoms with Crippen LogP contribution in [-0.2, 0) is 9.59 Å². The van der Waals surface area contributed by atoms with Crippen molar-refractivity contribution in [2.24, 2.45) is 46.3 Å². The molecule has 0 heterocycles. The number of fused-ring (bicyclic) bond motifs is 5. The second-order valence-corrected chi connectivity index (χ2v) is 12.8. The lowest BCUT2D eigenvalue weighted by atomic mass is 9.47. The van der Waals surface area contributed by atoms with Crippen LogP contribution < -0.4 is 0 Å². The third kappa shape index (κ3) is 5.39. The van der Waals surface area contributed by atoms with Gasteiger partial charge >= 0.3 is 11.9 Å². The summed E-state index contributed by atoms with van der Waals surface area (Å²) in [6.07, 6.45) is 17.2. The maximum absolute atomic E-state index is 10.2. The molecule has 0 aliphatic heterocycles. The summed E-state index contributed by atoms with van der Waals surface area (Å²) >= 11 is 0. The Morgan fingerprint density at radius 3 is 2.26 bits per heavy atom. The molecule has 34 heavy (non-hydrogen) atoms. The summed E-state index contributed by atoms with van der Waals surface area (Å²) in [5, 5.41) is 25.0. The number of aliphatic carboxylic acids is 2. The zero-order chi connectivity index (χ0) is 25.3. The lowest BCUT2D eigenvalue weighted by Gasteiger charge is -2.58. The van der Waals surface area contributed by atoms with Crippen molar-refractivity contribution in [3.05, 3.63) is 11.6 Å². The number of carbonyl (C=O) groups is 2. The van der Waals surface area contributed by atoms with Crippen LogP contribution in [0.5, 0.6) is 0 Å². The van der Waals surface area contributed by atoms with E-state index < -0.39 is 11.9 Å². The van der Waals surface area contributed by atoms with Crippen molar-refractivity contribution >= 4 is 11.9 Å². The minimum atomic E-state index is -1.82. The van der Waals surface area contributed by atoms with Gasteiger partial charge in [0, 0.05) is 0 Å². The minimum Gasteiger partial charge on any atom is -0.473 e. The molecule has 3 N–H and O–H groups in total. The van der Waals surface area contributed by atoms with Gasteiger partial charge in [-0.15, -0.1) is 0 Å². The Labute approximate surface area is 206 Å². The van der Waals surface area contributed by atoms with E-state index in [1.165, 1.54) is 57.8 Å². The van der Waals surface area contributed by atoms with Gasteiger partial charge in [0.2, 0.25) is 0 Å². The van der Waals surface area contributed by atoms with Crippen molar-refractivity contribution in [3.63, 3.8) is 0 Å². The Hall–Kier alpha value is -1.36. The highest BCUT2D eigenvalue weighted by Crippen LogP contribution is 2.67. The zero-order valence-electron chi connectivity index (χ0n) is 22.1. The van der Waals surface area contributed by atoms with E-state index >= 15 is 0 Å². The zero-order valence-corrected chi connectivity index (χ0v) is 22.1. The maximum Gasteiger partial charge on any atom is 0.414 e. The second-order valence-electron chi connectivity index (χ2n) is 12.8. The first kappa shape index (κ1) is 27.2. The third-order valence-electron chi connectivity index (χ3n) is 10.5. The first-order chi connectivity index (χ1) is 15.9. The molecular weight excluding hydrogens is 428 g/mol. The van der Waals surface area contributed by atoms with Crippen molar-refractivity contribution in [3.8, 4) is 0 Å². The van der Waals surface area contributed by atoms with Gasteiger partial charge in [0.15, 0.2) is 0 Å². The number of aliphatic hydroxyl groups excluding tert-OH is 1. The van der Waals surface area contributed by atoms with E-state index in [9.17, 15) is 5.11 Å². The third-order valence-corrected chi connectivity index (χ3v) is 10.5. The number of aliphatic hydroxyl groups is 1. The molecular formula is C29H48O5. The summed E-state index contributed by atoms with van der Waals surface area (Å²) in [7, 11) is 0. The second kappa shape index (κ2) is 10.7. The van der Waals surface area contributed by atoms with E-state index in [2.05, 4.69) is 40.7 Å². The largest absolute Gasteiger partial charge is 0.473 e. The Morgan fingerprint density at radius 1 is 0.971 bits per heavy atom. The highest BCUT2D eigenvalue weighted by atomic mass is 16.4. The van der Waals surface area contributed by atoms with Crippen molar-refractivity contribution in [1.82, 2.24) is 0 Å². The summed E-state index contributed by atoms with van der Waals surface area (Å²) in [4.78, 5) is 18.2. The van der Waals surface area contributed by atoms with Crippen molar-refractivity contribution < 1.29 is 24.9 Å². The number of hydrogen-bond acceptors (Lipinski definition) is 3. The van der Waals surface area contributed by atoms with Crippen LogP contribution in [0.15, 0.2) is 11.6 Å². The van der Waals surface area contributed by atoms with Gasteiger partial charge in [-0.2, -0.15) is 0 Å². The van der Waals surface area contributed by atoms with Crippen LogP contribution in [0.3, 0.4) is 0 Å². The van der Waals surface area contributed by atoms with E-state index in [0.29, 0.717) is 10.8 Å². The lowest BCUT2D eigenvalue weighted by molar-refractivity contribution is -0.159. The highest BCUT2D eigenvalue weighted by Gasteiger charge is 2.59. The van der Waals surface area contributed by atoms with Crippen molar-refractivity contribution in [1.29, 1.82) is 0 Å². The number of carboxylic acids is 2. The van der Waals surface area contributed by atoms with Gasteiger partial charge < -0.3 is 15.3 Å². The van der Waals surface area contributed by atoms with Crippen LogP contribution >= 0.6 is 0 Å². The van der Waals surface area contributed by atoms with Crippen LogP contribution in [0.2, 0.25) is 0 Å². The van der Waals surface area contributed by atoms with E-state index in [1.54, 1.807) is 5.57 Å². The van der Waals surface area contributed by atoms with Gasteiger partial charge in [-0.05, 0) is 97.7 Å². The molecule has 0 bridgehead atoms. The van der Waals surface area contributed by atoms with Crippen LogP contribution in [0.25, 0.3) is 0 Å². The molecule has 0 spiro atoms. The monoisotopic (exact) mass is 476 g/mol. The minimum absolute atomic E-state index is 0.0766. The Bertz CT molecular complexity index is 760. The molecule has 4 aliphatic rings. The summed E-state index contributed by atoms with van der Waals surface area (Å²) in [6.45, 7) is 12.6. The van der Waals surface area contributed by atoms with E-state index in [1.807, 2.05) is 0 Å². The summed E-state index contributed by atoms with van der Waals surface area (Å²) in [5.74, 6) is 1.81. The number of allylic oxidation sites excluding steroid dienone is 1. The molecule has 5 heteroatoms. The lowest BCUT2D eigenvalue weighted by Crippen LogP contribution is -2.50. The fourth-order valence-corrected chi connectivity index (χ4v) is 8.67. The van der Waals surface area contributed by atoms with Crippen LogP contribution in [-0.4, -0.2) is 33.4 Å². The van der Waals surface area contributed by atoms with Gasteiger partial charge in [0.1, 0.15) is 0 Å². The van der Waals surface area contributed by atoms with Crippen LogP contribution in [0.1, 0.15) is 105 Å². The quantitative estimate of drug-likeness (QED) is 0.309. The Morgan fingerprint density at radius 2 is 1.65 bits per heavy atom. The van der Waals surface area contributed by atoms with Gasteiger partial charge in [-0.1, -0.05) is 65.5 Å². The maximum atomic E-state index is 10.2. The molecule has 0 saturated heterocycles. The predicted octanol–water partition coefficient (Wildman–Crippen LogP) is 6.54. The van der Waals surface area contributed by atoms with Gasteiger partial charge in [-0.25, -0.2) is 9.59 Å². The smallest absolute Gasteiger partial charge is 0.414 e. The molecule has 4 aliphatic carbocycles. The number of hydrogen-bond donors (Lipinski definition) is 3. The SMILES string of the molecule is CC(C)CCC[C@@H](C)[C@H]1CC[C@H]2[C@@H]3CC=C4C[C@@H](O)CC[C@]4(C)[C@H]3CC[C@]12C.O=C(O)C(=O)O. The van der Waals surface area contributed by atoms with Crippen molar-refractivity contribution in [2.75, 3.05) is 0 Å². The summed E-state index contributed by atoms with van der Waals surface area (Å²) < 4.78 is 0. The fraction of sp³-hybridized carbons (Fsp3) is 0.862. The van der Waals surface area contributed by atoms with Gasteiger partial charge in [-0.3, -0.25) is 0 Å². The van der Waals surface area contributed by atoms with E-state index in [-0.39, 0.29) is 6.10 Å². The molecule has 0 amide bonds. The molecule has 0 radical (unpaired) electrons. The molecule has 8 atom stereocenters. The highest BCUT2D eigenvalue weighted by molar-refractivity contribution is 6.27. The molecule has 3 fully saturated rings. The molecule has 0 aromatic rings. The standard InChI is InChI=1S/C27H46O.C2H2O4/c1-18(2)7-6-8-19(3)23-11-12-24-22-10-9-20-17-21(28)13-15-26(20,4)25(22)14-16-27(23,24)5;3-1(4)2(5)6/h9,18-19,21-25,28H,6-8,10-17H2,1-5H3;(H,3,4)(H,5,6)/t19-,21+,22+,23-,24+,25+,26+,27-;/m1./s1. The van der Waals surface area contributed by atoms with E-state index in [4.69, 9.17) is 19.8 Å². The first-order valence-electron chi connectivity index (χ1n) is 13.7. The van der Waals surface area contributed by atoms with Crippen LogP contribution in [0, 0.1) is 46.3 Å². The van der Waals surface area contributed by atoms with Gasteiger partial charge in [0.05, 0.1) is 6.10 Å².